The highest BCUT2D eigenvalue weighted by atomic mass is 16.3. The lowest BCUT2D eigenvalue weighted by atomic mass is 9.83. The predicted octanol–water partition coefficient (Wildman–Crippen LogP) is 1.43. The van der Waals surface area contributed by atoms with Gasteiger partial charge in [0.05, 0.1) is 12.1 Å². The molecule has 2 aliphatic carbocycles. The normalized spacial score (nSPS) is 29.7. The number of hydrogen-bond acceptors (Lipinski definition) is 4. The van der Waals surface area contributed by atoms with E-state index < -0.39 is 6.10 Å². The highest BCUT2D eigenvalue weighted by Crippen LogP contribution is 2.33. The maximum Gasteiger partial charge on any atom is 0.223 e. The molecule has 2 fully saturated rings. The van der Waals surface area contributed by atoms with Gasteiger partial charge < -0.3 is 10.4 Å². The smallest absolute Gasteiger partial charge is 0.223 e. The van der Waals surface area contributed by atoms with Crippen LogP contribution < -0.4 is 5.32 Å². The van der Waals surface area contributed by atoms with Gasteiger partial charge in [0, 0.05) is 18.9 Å². The lowest BCUT2D eigenvalue weighted by Gasteiger charge is -2.33. The Morgan fingerprint density at radius 1 is 1.27 bits per heavy atom. The van der Waals surface area contributed by atoms with Crippen LogP contribution in [0.25, 0.3) is 0 Å². The van der Waals surface area contributed by atoms with Crippen LogP contribution in [0.1, 0.15) is 62.5 Å². The fourth-order valence-corrected chi connectivity index (χ4v) is 3.92. The van der Waals surface area contributed by atoms with Crippen LogP contribution in [-0.4, -0.2) is 37.9 Å². The second kappa shape index (κ2) is 6.36. The predicted molar refractivity (Wildman–Crippen MR) is 82.2 cm³/mol. The summed E-state index contributed by atoms with van der Waals surface area (Å²) in [5, 5.41) is 17.6. The number of aryl methyl sites for hydroxylation is 2. The molecule has 0 unspecified atom stereocenters. The summed E-state index contributed by atoms with van der Waals surface area (Å²) in [7, 11) is 1.91. The lowest BCUT2D eigenvalue weighted by molar-refractivity contribution is -0.126. The molecule has 2 aliphatic rings. The molecule has 0 radical (unpaired) electrons. The quantitative estimate of drug-likeness (QED) is 0.885. The van der Waals surface area contributed by atoms with Crippen LogP contribution in [-0.2, 0) is 11.8 Å². The minimum absolute atomic E-state index is 0.122. The van der Waals surface area contributed by atoms with Crippen molar-refractivity contribution in [3.8, 4) is 0 Å². The molecule has 0 saturated heterocycles. The van der Waals surface area contributed by atoms with E-state index in [0.29, 0.717) is 6.42 Å². The SMILES string of the molecule is Cc1nc([C@H]2CC[C@@H](O)[C@H](NC(=O)C3CCCC3)C2)n(C)n1. The van der Waals surface area contributed by atoms with E-state index in [1.54, 1.807) is 0 Å². The molecular formula is C16H26N4O2. The number of aliphatic hydroxyl groups excluding tert-OH is 1. The largest absolute Gasteiger partial charge is 0.391 e. The van der Waals surface area contributed by atoms with Crippen LogP contribution in [0.5, 0.6) is 0 Å². The first-order valence-corrected chi connectivity index (χ1v) is 8.40. The van der Waals surface area contributed by atoms with Gasteiger partial charge in [0.1, 0.15) is 11.6 Å². The molecule has 2 saturated carbocycles. The molecule has 122 valence electrons. The first kappa shape index (κ1) is 15.5. The zero-order valence-corrected chi connectivity index (χ0v) is 13.5. The van der Waals surface area contributed by atoms with Crippen molar-refractivity contribution in [3.63, 3.8) is 0 Å². The fourth-order valence-electron chi connectivity index (χ4n) is 3.92. The molecule has 0 aliphatic heterocycles. The second-order valence-electron chi connectivity index (χ2n) is 6.81. The van der Waals surface area contributed by atoms with Crippen molar-refractivity contribution in [3.05, 3.63) is 11.6 Å². The van der Waals surface area contributed by atoms with Crippen LogP contribution in [0.4, 0.5) is 0 Å². The van der Waals surface area contributed by atoms with Gasteiger partial charge in [-0.2, -0.15) is 5.10 Å². The van der Waals surface area contributed by atoms with Crippen LogP contribution in [0, 0.1) is 12.8 Å². The molecule has 0 aromatic carbocycles. The molecule has 1 aromatic rings. The van der Waals surface area contributed by atoms with Gasteiger partial charge in [0.2, 0.25) is 5.91 Å². The van der Waals surface area contributed by atoms with Gasteiger partial charge in [-0.25, -0.2) is 4.98 Å². The van der Waals surface area contributed by atoms with E-state index in [-0.39, 0.29) is 23.8 Å². The van der Waals surface area contributed by atoms with E-state index in [2.05, 4.69) is 15.4 Å². The third-order valence-electron chi connectivity index (χ3n) is 5.14. The summed E-state index contributed by atoms with van der Waals surface area (Å²) >= 11 is 0. The van der Waals surface area contributed by atoms with Gasteiger partial charge in [0.15, 0.2) is 0 Å². The highest BCUT2D eigenvalue weighted by Gasteiger charge is 2.34. The molecule has 2 N–H and O–H groups in total. The Morgan fingerprint density at radius 3 is 2.64 bits per heavy atom. The van der Waals surface area contributed by atoms with Crippen molar-refractivity contribution in [2.75, 3.05) is 0 Å². The number of carbonyl (C=O) groups excluding carboxylic acids is 1. The lowest BCUT2D eigenvalue weighted by Crippen LogP contribution is -2.48. The van der Waals surface area contributed by atoms with Crippen molar-refractivity contribution < 1.29 is 9.90 Å². The average Bonchev–Trinajstić information content (AvgIpc) is 3.11. The van der Waals surface area contributed by atoms with Gasteiger partial charge in [-0.15, -0.1) is 0 Å². The second-order valence-corrected chi connectivity index (χ2v) is 6.81. The molecule has 6 heteroatoms. The number of nitrogens with one attached hydrogen (secondary N) is 1. The number of rotatable bonds is 3. The monoisotopic (exact) mass is 306 g/mol. The van der Waals surface area contributed by atoms with E-state index in [0.717, 1.165) is 50.2 Å². The molecule has 0 spiro atoms. The Kier molecular flexibility index (Phi) is 4.47. The number of nitrogens with zero attached hydrogens (tertiary/aromatic N) is 3. The number of aromatic nitrogens is 3. The Labute approximate surface area is 131 Å². The summed E-state index contributed by atoms with van der Waals surface area (Å²) in [4.78, 5) is 16.8. The Bertz CT molecular complexity index is 536. The zero-order chi connectivity index (χ0) is 15.7. The van der Waals surface area contributed by atoms with Gasteiger partial charge in [-0.1, -0.05) is 12.8 Å². The Morgan fingerprint density at radius 2 is 2.00 bits per heavy atom. The molecule has 22 heavy (non-hydrogen) atoms. The summed E-state index contributed by atoms with van der Waals surface area (Å²) in [6, 6.07) is -0.163. The number of aliphatic hydroxyl groups is 1. The minimum atomic E-state index is -0.448. The number of hydrogen-bond donors (Lipinski definition) is 2. The molecule has 6 nitrogen and oxygen atoms in total. The van der Waals surface area contributed by atoms with Crippen molar-refractivity contribution in [1.82, 2.24) is 20.1 Å². The van der Waals surface area contributed by atoms with Crippen LogP contribution in [0.15, 0.2) is 0 Å². The molecule has 1 aromatic heterocycles. The maximum absolute atomic E-state index is 12.3. The number of carbonyl (C=O) groups is 1. The van der Waals surface area contributed by atoms with Crippen molar-refractivity contribution in [1.29, 1.82) is 0 Å². The summed E-state index contributed by atoms with van der Waals surface area (Å²) in [5.41, 5.74) is 0. The van der Waals surface area contributed by atoms with Gasteiger partial charge in [-0.3, -0.25) is 9.48 Å². The van der Waals surface area contributed by atoms with E-state index in [9.17, 15) is 9.90 Å². The standard InChI is InChI=1S/C16H26N4O2/c1-10-17-15(20(2)19-10)12-7-8-14(21)13(9-12)18-16(22)11-5-3-4-6-11/h11-14,21H,3-9H2,1-2H3,(H,18,22)/t12-,13+,14+/m0/s1. The maximum atomic E-state index is 12.3. The number of amides is 1. The third kappa shape index (κ3) is 3.16. The van der Waals surface area contributed by atoms with E-state index >= 15 is 0 Å². The zero-order valence-electron chi connectivity index (χ0n) is 13.5. The first-order chi connectivity index (χ1) is 10.5. The molecule has 3 rings (SSSR count). The Balaban J connectivity index is 1.65. The van der Waals surface area contributed by atoms with Crippen LogP contribution in [0.2, 0.25) is 0 Å². The van der Waals surface area contributed by atoms with Crippen molar-refractivity contribution >= 4 is 5.91 Å². The summed E-state index contributed by atoms with van der Waals surface area (Å²) in [5.74, 6) is 2.25. The summed E-state index contributed by atoms with van der Waals surface area (Å²) in [6.07, 6.45) is 6.15. The summed E-state index contributed by atoms with van der Waals surface area (Å²) in [6.45, 7) is 1.89. The van der Waals surface area contributed by atoms with Gasteiger partial charge >= 0.3 is 0 Å². The van der Waals surface area contributed by atoms with E-state index in [1.807, 2.05) is 18.7 Å². The van der Waals surface area contributed by atoms with Crippen LogP contribution in [0.3, 0.4) is 0 Å². The summed E-state index contributed by atoms with van der Waals surface area (Å²) < 4.78 is 1.83. The van der Waals surface area contributed by atoms with Crippen molar-refractivity contribution in [2.24, 2.45) is 13.0 Å². The fraction of sp³-hybridized carbons (Fsp3) is 0.812. The van der Waals surface area contributed by atoms with E-state index in [4.69, 9.17) is 0 Å². The topological polar surface area (TPSA) is 80.0 Å². The molecule has 1 amide bonds. The van der Waals surface area contributed by atoms with Gasteiger partial charge in [0.25, 0.3) is 0 Å². The molecule has 1 heterocycles. The molecule has 0 bridgehead atoms. The minimum Gasteiger partial charge on any atom is -0.391 e. The van der Waals surface area contributed by atoms with E-state index in [1.165, 1.54) is 0 Å². The van der Waals surface area contributed by atoms with Gasteiger partial charge in [-0.05, 0) is 39.0 Å². The average molecular weight is 306 g/mol. The Hall–Kier alpha value is -1.43. The third-order valence-corrected chi connectivity index (χ3v) is 5.14. The molecule has 3 atom stereocenters. The first-order valence-electron chi connectivity index (χ1n) is 8.40. The van der Waals surface area contributed by atoms with Crippen LogP contribution >= 0.6 is 0 Å². The highest BCUT2D eigenvalue weighted by molar-refractivity contribution is 5.79. The molecular weight excluding hydrogens is 280 g/mol. The van der Waals surface area contributed by atoms with Crippen molar-refractivity contribution in [2.45, 2.75) is 69.9 Å².